The maximum Gasteiger partial charge on any atom is 0.337 e. The summed E-state index contributed by atoms with van der Waals surface area (Å²) in [5.41, 5.74) is 2.64. The molecule has 9 heteroatoms. The van der Waals surface area contributed by atoms with Gasteiger partial charge in [0.05, 0.1) is 11.1 Å². The van der Waals surface area contributed by atoms with Gasteiger partial charge in [-0.3, -0.25) is 4.79 Å². The summed E-state index contributed by atoms with van der Waals surface area (Å²) >= 11 is 0. The van der Waals surface area contributed by atoms with Crippen LogP contribution >= 0.6 is 0 Å². The molecule has 178 valence electrons. The summed E-state index contributed by atoms with van der Waals surface area (Å²) in [6, 6.07) is 10.2. The van der Waals surface area contributed by atoms with E-state index >= 15 is 0 Å². The first-order chi connectivity index (χ1) is 16.8. The molecule has 0 radical (unpaired) electrons. The van der Waals surface area contributed by atoms with Gasteiger partial charge < -0.3 is 14.9 Å². The predicted molar refractivity (Wildman–Crippen MR) is 129 cm³/mol. The lowest BCUT2D eigenvalue weighted by Crippen LogP contribution is -2.13. The molecule has 1 aliphatic carbocycles. The Morgan fingerprint density at radius 2 is 1.91 bits per heavy atom. The molecule has 0 amide bonds. The highest BCUT2D eigenvalue weighted by Gasteiger charge is 2.22. The molecule has 9 nitrogen and oxygen atoms in total. The van der Waals surface area contributed by atoms with Crippen LogP contribution in [0.1, 0.15) is 42.6 Å². The number of ether oxygens (including phenoxy) is 1. The van der Waals surface area contributed by atoms with Crippen LogP contribution in [0.4, 0.5) is 0 Å². The Morgan fingerprint density at radius 3 is 2.57 bits per heavy atom. The number of allylic oxidation sites excluding steroid dienone is 3. The van der Waals surface area contributed by atoms with Crippen LogP contribution in [0.3, 0.4) is 0 Å². The van der Waals surface area contributed by atoms with Gasteiger partial charge in [0.15, 0.2) is 5.78 Å². The summed E-state index contributed by atoms with van der Waals surface area (Å²) in [7, 11) is 0. The number of rotatable bonds is 8. The minimum Gasteiger partial charge on any atom is -0.507 e. The van der Waals surface area contributed by atoms with E-state index in [1.54, 1.807) is 48.6 Å². The first-order valence-electron chi connectivity index (χ1n) is 11.1. The molecule has 0 spiro atoms. The average molecular weight is 473 g/mol. The van der Waals surface area contributed by atoms with Crippen LogP contribution in [0.25, 0.3) is 17.1 Å². The number of carbonyl (C=O) groups excluding carboxylic acids is 1. The predicted octanol–water partition coefficient (Wildman–Crippen LogP) is 4.80. The minimum absolute atomic E-state index is 0.0521. The van der Waals surface area contributed by atoms with Crippen LogP contribution in [-0.2, 0) is 11.2 Å². The molecule has 0 saturated heterocycles. The number of hydrogen-bond acceptors (Lipinski definition) is 7. The quantitative estimate of drug-likeness (QED) is 0.447. The Labute approximate surface area is 201 Å². The first kappa shape index (κ1) is 23.6. The summed E-state index contributed by atoms with van der Waals surface area (Å²) in [5, 5.41) is 32.4. The zero-order valence-corrected chi connectivity index (χ0v) is 19.4. The summed E-state index contributed by atoms with van der Waals surface area (Å²) in [6.45, 7) is 7.27. The summed E-state index contributed by atoms with van der Waals surface area (Å²) in [6.07, 6.45) is 4.98. The van der Waals surface area contributed by atoms with Crippen molar-refractivity contribution in [2.45, 2.75) is 33.1 Å². The van der Waals surface area contributed by atoms with Crippen molar-refractivity contribution in [3.63, 3.8) is 0 Å². The number of carboxylic acid groups (broad SMARTS) is 1. The van der Waals surface area contributed by atoms with Gasteiger partial charge in [-0.25, -0.2) is 4.79 Å². The van der Waals surface area contributed by atoms with Gasteiger partial charge >= 0.3 is 5.97 Å². The molecule has 0 unspecified atom stereocenters. The zero-order valence-electron chi connectivity index (χ0n) is 19.4. The number of Topliss-reactive ketones (excluding diaryl/α,β-unsaturated/α-hetero) is 1. The third kappa shape index (κ3) is 4.89. The molecular weight excluding hydrogens is 448 g/mol. The normalized spacial score (nSPS) is 13.3. The fourth-order valence-corrected chi connectivity index (χ4v) is 3.75. The van der Waals surface area contributed by atoms with Crippen molar-refractivity contribution in [3.05, 3.63) is 77.4 Å². The number of benzene rings is 2. The summed E-state index contributed by atoms with van der Waals surface area (Å²) < 4.78 is 6.00. The van der Waals surface area contributed by atoms with Crippen molar-refractivity contribution in [3.8, 4) is 28.6 Å². The number of carboxylic acids is 1. The Kier molecular flexibility index (Phi) is 6.59. The lowest BCUT2D eigenvalue weighted by atomic mass is 10.0. The van der Waals surface area contributed by atoms with E-state index in [0.29, 0.717) is 47.0 Å². The average Bonchev–Trinajstić information content (AvgIpc) is 3.31. The number of tetrazole rings is 1. The lowest BCUT2D eigenvalue weighted by Gasteiger charge is -2.14. The van der Waals surface area contributed by atoms with Crippen molar-refractivity contribution < 1.29 is 24.5 Å². The Hall–Kier alpha value is -4.53. The van der Waals surface area contributed by atoms with Gasteiger partial charge in [-0.05, 0) is 73.0 Å². The minimum atomic E-state index is -1.08. The third-order valence-electron chi connectivity index (χ3n) is 5.50. The monoisotopic (exact) mass is 472 g/mol. The number of phenolic OH excluding ortho intramolecular Hbond substituents is 1. The molecule has 1 aromatic heterocycles. The highest BCUT2D eigenvalue weighted by molar-refractivity contribution is 6.02. The van der Waals surface area contributed by atoms with Crippen LogP contribution in [0.15, 0.2) is 66.3 Å². The molecular formula is C26H24N4O5. The lowest BCUT2D eigenvalue weighted by molar-refractivity contribution is -0.132. The van der Waals surface area contributed by atoms with E-state index in [1.807, 2.05) is 6.92 Å². The molecule has 3 aromatic rings. The van der Waals surface area contributed by atoms with E-state index in [-0.39, 0.29) is 22.7 Å². The van der Waals surface area contributed by atoms with E-state index in [4.69, 9.17) is 4.74 Å². The second-order valence-electron chi connectivity index (χ2n) is 8.09. The topological polar surface area (TPSA) is 127 Å². The van der Waals surface area contributed by atoms with Crippen LogP contribution in [0.5, 0.6) is 17.2 Å². The molecule has 35 heavy (non-hydrogen) atoms. The zero-order chi connectivity index (χ0) is 25.1. The standard InChI is InChI=1S/C26H24N4O5/c1-4-5-21-23(13-12-19(16(3)31)24(21)32)35-18-9-7-17(8-10-18)25-27-29-30(28-25)22-14-15(2)6-11-20(22)26(33)34/h7-14,32H,2,4-6H2,1,3H3,(H,33,34). The number of ketones is 1. The molecule has 4 rings (SSSR count). The third-order valence-corrected chi connectivity index (χ3v) is 5.50. The molecule has 0 atom stereocenters. The van der Waals surface area contributed by atoms with E-state index in [2.05, 4.69) is 22.0 Å². The number of aromatic hydroxyl groups is 1. The Balaban J connectivity index is 1.57. The summed E-state index contributed by atoms with van der Waals surface area (Å²) in [4.78, 5) is 24.5. The van der Waals surface area contributed by atoms with E-state index in [1.165, 1.54) is 11.7 Å². The maximum atomic E-state index is 11.8. The Bertz CT molecular complexity index is 1380. The number of aromatic nitrogens is 4. The molecule has 0 bridgehead atoms. The highest BCUT2D eigenvalue weighted by Crippen LogP contribution is 2.36. The van der Waals surface area contributed by atoms with Crippen molar-refractivity contribution >= 4 is 17.4 Å². The molecule has 1 heterocycles. The molecule has 0 saturated carbocycles. The van der Waals surface area contributed by atoms with Crippen LogP contribution in [0, 0.1) is 0 Å². The van der Waals surface area contributed by atoms with Gasteiger partial charge in [0, 0.05) is 11.1 Å². The van der Waals surface area contributed by atoms with Gasteiger partial charge in [0.25, 0.3) is 0 Å². The number of nitrogens with zero attached hydrogens (tertiary/aromatic N) is 4. The molecule has 2 aromatic carbocycles. The van der Waals surface area contributed by atoms with Crippen molar-refractivity contribution in [2.75, 3.05) is 0 Å². The van der Waals surface area contributed by atoms with Crippen LogP contribution in [-0.4, -0.2) is 42.2 Å². The van der Waals surface area contributed by atoms with Gasteiger partial charge in [-0.15, -0.1) is 15.0 Å². The smallest absolute Gasteiger partial charge is 0.337 e. The van der Waals surface area contributed by atoms with Gasteiger partial charge in [0.2, 0.25) is 5.82 Å². The fraction of sp³-hybridized carbons (Fsp3) is 0.192. The van der Waals surface area contributed by atoms with Gasteiger partial charge in [-0.1, -0.05) is 26.0 Å². The fourth-order valence-electron chi connectivity index (χ4n) is 3.75. The van der Waals surface area contributed by atoms with Gasteiger partial charge in [-0.2, -0.15) is 0 Å². The van der Waals surface area contributed by atoms with E-state index < -0.39 is 5.97 Å². The molecule has 0 aliphatic heterocycles. The van der Waals surface area contributed by atoms with Crippen molar-refractivity contribution in [2.24, 2.45) is 0 Å². The largest absolute Gasteiger partial charge is 0.507 e. The molecule has 0 fully saturated rings. The summed E-state index contributed by atoms with van der Waals surface area (Å²) in [5.74, 6) is -0.0266. The van der Waals surface area contributed by atoms with Crippen molar-refractivity contribution in [1.29, 1.82) is 0 Å². The number of hydrogen-bond donors (Lipinski definition) is 2. The number of carbonyl (C=O) groups is 2. The molecule has 2 N–H and O–H groups in total. The second-order valence-corrected chi connectivity index (χ2v) is 8.09. The second kappa shape index (κ2) is 9.76. The van der Waals surface area contributed by atoms with Gasteiger partial charge in [0.1, 0.15) is 22.9 Å². The molecule has 1 aliphatic rings. The van der Waals surface area contributed by atoms with E-state index in [9.17, 15) is 19.8 Å². The first-order valence-corrected chi connectivity index (χ1v) is 11.1. The van der Waals surface area contributed by atoms with Crippen molar-refractivity contribution in [1.82, 2.24) is 20.2 Å². The number of aliphatic carboxylic acids is 1. The maximum absolute atomic E-state index is 11.8. The van der Waals surface area contributed by atoms with Crippen LogP contribution in [0.2, 0.25) is 0 Å². The van der Waals surface area contributed by atoms with Crippen LogP contribution < -0.4 is 4.74 Å². The highest BCUT2D eigenvalue weighted by atomic mass is 16.5. The SMILES string of the molecule is C=C1C=C(n2nnc(-c3ccc(Oc4ccc(C(C)=O)c(O)c4CCC)cc3)n2)C(C(=O)O)=CC1. The van der Waals surface area contributed by atoms with E-state index in [0.717, 1.165) is 12.0 Å². The Morgan fingerprint density at radius 1 is 1.17 bits per heavy atom. The number of phenols is 1.